The molecule has 1 aliphatic rings. The van der Waals surface area contributed by atoms with E-state index in [1.807, 2.05) is 6.92 Å². The molecule has 0 aromatic heterocycles. The zero-order valence-electron chi connectivity index (χ0n) is 9.92. The average molecular weight is 259 g/mol. The number of hydrogen-bond donors (Lipinski definition) is 0. The van der Waals surface area contributed by atoms with Gasteiger partial charge in [0.15, 0.2) is 4.90 Å². The first kappa shape index (κ1) is 12.7. The maximum Gasteiger partial charge on any atom is 0.387 e. The molecule has 1 heterocycles. The molecule has 4 heteroatoms. The Bertz CT molecular complexity index is 376. The second-order valence-electron chi connectivity index (χ2n) is 4.32. The molecule has 0 saturated carbocycles. The predicted octanol–water partition coefficient (Wildman–Crippen LogP) is 3.76. The fourth-order valence-corrected chi connectivity index (χ4v) is 4.53. The Balaban J connectivity index is 2.18. The van der Waals surface area contributed by atoms with Crippen molar-refractivity contribution in [3.05, 3.63) is 23.8 Å². The van der Waals surface area contributed by atoms with E-state index in [4.69, 9.17) is 0 Å². The molecule has 94 valence electrons. The van der Waals surface area contributed by atoms with E-state index in [9.17, 15) is 8.78 Å². The van der Waals surface area contributed by atoms with Gasteiger partial charge in [0, 0.05) is 17.0 Å². The van der Waals surface area contributed by atoms with Crippen LogP contribution in [-0.2, 0) is 10.9 Å². The summed E-state index contributed by atoms with van der Waals surface area (Å²) in [6.45, 7) is -0.811. The van der Waals surface area contributed by atoms with Crippen LogP contribution >= 0.6 is 0 Å². The highest BCUT2D eigenvalue weighted by Crippen LogP contribution is 2.27. The third-order valence-corrected chi connectivity index (χ3v) is 5.33. The third kappa shape index (κ3) is 3.60. The molecule has 0 unspecified atom stereocenters. The first-order chi connectivity index (χ1) is 8.15. The van der Waals surface area contributed by atoms with Crippen LogP contribution in [0.4, 0.5) is 8.78 Å². The molecule has 0 aliphatic carbocycles. The molecule has 0 N–H and O–H groups in total. The van der Waals surface area contributed by atoms with Crippen LogP contribution in [0.5, 0.6) is 5.75 Å². The highest BCUT2D eigenvalue weighted by atomic mass is 32.2. The topological polar surface area (TPSA) is 9.23 Å². The van der Waals surface area contributed by atoms with Gasteiger partial charge in [0.2, 0.25) is 0 Å². The van der Waals surface area contributed by atoms with Gasteiger partial charge in [-0.05, 0) is 43.9 Å². The molecule has 0 atom stereocenters. The molecule has 1 nitrogen and oxygen atoms in total. The van der Waals surface area contributed by atoms with Crippen LogP contribution in [-0.4, -0.2) is 18.1 Å². The van der Waals surface area contributed by atoms with Crippen molar-refractivity contribution in [3.8, 4) is 5.75 Å². The summed E-state index contributed by atoms with van der Waals surface area (Å²) in [5.41, 5.74) is 0.997. The molecule has 2 rings (SSSR count). The van der Waals surface area contributed by atoms with E-state index in [2.05, 4.69) is 10.8 Å². The van der Waals surface area contributed by atoms with Gasteiger partial charge in [-0.1, -0.05) is 0 Å². The Morgan fingerprint density at radius 3 is 2.47 bits per heavy atom. The minimum Gasteiger partial charge on any atom is -0.435 e. The first-order valence-corrected chi connectivity index (χ1v) is 7.45. The van der Waals surface area contributed by atoms with E-state index >= 15 is 0 Å². The Morgan fingerprint density at radius 1 is 1.12 bits per heavy atom. The van der Waals surface area contributed by atoms with Crippen molar-refractivity contribution in [1.29, 1.82) is 0 Å². The van der Waals surface area contributed by atoms with Crippen molar-refractivity contribution in [3.63, 3.8) is 0 Å². The number of halogens is 2. The van der Waals surface area contributed by atoms with Crippen molar-refractivity contribution < 1.29 is 13.5 Å². The lowest BCUT2D eigenvalue weighted by Crippen LogP contribution is -2.18. The van der Waals surface area contributed by atoms with Crippen molar-refractivity contribution in [2.45, 2.75) is 37.7 Å². The number of hydrogen-bond acceptors (Lipinski definition) is 1. The number of aryl methyl sites for hydroxylation is 1. The van der Waals surface area contributed by atoms with E-state index in [0.29, 0.717) is 5.75 Å². The SMILES string of the molecule is Cc1cc(OC(F)F)cc([S+]2CCCCC2)c1. The Labute approximate surface area is 104 Å². The summed E-state index contributed by atoms with van der Waals surface area (Å²) in [5, 5.41) is 0. The van der Waals surface area contributed by atoms with Gasteiger partial charge in [-0.2, -0.15) is 8.78 Å². The van der Waals surface area contributed by atoms with Gasteiger partial charge < -0.3 is 4.74 Å². The quantitative estimate of drug-likeness (QED) is 0.751. The molecular formula is C13H17F2OS+. The Kier molecular flexibility index (Phi) is 4.26. The minimum atomic E-state index is -2.74. The van der Waals surface area contributed by atoms with Gasteiger partial charge in [-0.15, -0.1) is 0 Å². The number of alkyl halides is 2. The van der Waals surface area contributed by atoms with Crippen LogP contribution in [0.3, 0.4) is 0 Å². The molecule has 1 aromatic carbocycles. The van der Waals surface area contributed by atoms with E-state index in [0.717, 1.165) is 5.56 Å². The molecule has 1 fully saturated rings. The lowest BCUT2D eigenvalue weighted by atomic mass is 10.2. The lowest BCUT2D eigenvalue weighted by Gasteiger charge is -2.14. The molecule has 0 amide bonds. The second-order valence-corrected chi connectivity index (χ2v) is 6.60. The largest absolute Gasteiger partial charge is 0.435 e. The Hall–Kier alpha value is -0.770. The lowest BCUT2D eigenvalue weighted by molar-refractivity contribution is -0.0500. The molecule has 0 radical (unpaired) electrons. The van der Waals surface area contributed by atoms with Gasteiger partial charge in [-0.3, -0.25) is 0 Å². The smallest absolute Gasteiger partial charge is 0.387 e. The zero-order chi connectivity index (χ0) is 12.3. The van der Waals surface area contributed by atoms with Crippen LogP contribution in [0.25, 0.3) is 0 Å². The van der Waals surface area contributed by atoms with Crippen molar-refractivity contribution >= 4 is 10.9 Å². The van der Waals surface area contributed by atoms with Gasteiger partial charge in [0.25, 0.3) is 0 Å². The summed E-state index contributed by atoms with van der Waals surface area (Å²) in [6, 6.07) is 5.56. The van der Waals surface area contributed by atoms with E-state index in [1.54, 1.807) is 12.1 Å². The highest BCUT2D eigenvalue weighted by molar-refractivity contribution is 7.96. The van der Waals surface area contributed by atoms with Gasteiger partial charge in [0.05, 0.1) is 0 Å². The van der Waals surface area contributed by atoms with Crippen molar-refractivity contribution in [1.82, 2.24) is 0 Å². The van der Waals surface area contributed by atoms with Crippen LogP contribution in [0.1, 0.15) is 24.8 Å². The second kappa shape index (κ2) is 5.71. The number of ether oxygens (including phenoxy) is 1. The average Bonchev–Trinajstić information content (AvgIpc) is 2.28. The molecule has 0 bridgehead atoms. The summed E-state index contributed by atoms with van der Waals surface area (Å²) in [5.74, 6) is 2.68. The molecule has 0 spiro atoms. The Morgan fingerprint density at radius 2 is 1.82 bits per heavy atom. The summed E-state index contributed by atoms with van der Waals surface area (Å²) in [6.07, 6.45) is 3.81. The van der Waals surface area contributed by atoms with Crippen LogP contribution in [0.2, 0.25) is 0 Å². The van der Waals surface area contributed by atoms with E-state index in [1.165, 1.54) is 35.7 Å². The van der Waals surface area contributed by atoms with Crippen LogP contribution in [0.15, 0.2) is 23.1 Å². The predicted molar refractivity (Wildman–Crippen MR) is 67.0 cm³/mol. The molecule has 17 heavy (non-hydrogen) atoms. The standard InChI is InChI=1S/C13H17F2OS/c1-10-7-11(16-13(14)15)9-12(8-10)17-5-3-2-4-6-17/h7-9,13H,2-6H2,1H3/q+1. The molecular weight excluding hydrogens is 242 g/mol. The van der Waals surface area contributed by atoms with E-state index in [-0.39, 0.29) is 10.9 Å². The maximum atomic E-state index is 12.2. The van der Waals surface area contributed by atoms with Gasteiger partial charge >= 0.3 is 6.61 Å². The van der Waals surface area contributed by atoms with Crippen LogP contribution in [0, 0.1) is 6.92 Å². The molecule has 1 aromatic rings. The van der Waals surface area contributed by atoms with E-state index < -0.39 is 6.61 Å². The first-order valence-electron chi connectivity index (χ1n) is 5.89. The van der Waals surface area contributed by atoms with Gasteiger partial charge in [-0.25, -0.2) is 0 Å². The normalized spacial score (nSPS) is 17.4. The summed E-state index contributed by atoms with van der Waals surface area (Å²) in [7, 11) is 0.232. The number of benzene rings is 1. The van der Waals surface area contributed by atoms with Gasteiger partial charge in [0.1, 0.15) is 17.3 Å². The fraction of sp³-hybridized carbons (Fsp3) is 0.538. The monoisotopic (exact) mass is 259 g/mol. The van der Waals surface area contributed by atoms with Crippen molar-refractivity contribution in [2.75, 3.05) is 11.5 Å². The summed E-state index contributed by atoms with van der Waals surface area (Å²) < 4.78 is 28.9. The highest BCUT2D eigenvalue weighted by Gasteiger charge is 2.25. The summed E-state index contributed by atoms with van der Waals surface area (Å²) in [4.78, 5) is 1.18. The fourth-order valence-electron chi connectivity index (χ4n) is 2.12. The van der Waals surface area contributed by atoms with Crippen molar-refractivity contribution in [2.24, 2.45) is 0 Å². The third-order valence-electron chi connectivity index (χ3n) is 2.86. The van der Waals surface area contributed by atoms with Crippen LogP contribution < -0.4 is 4.74 Å². The molecule has 1 saturated heterocycles. The minimum absolute atomic E-state index is 0.232. The molecule has 1 aliphatic heterocycles. The summed E-state index contributed by atoms with van der Waals surface area (Å²) >= 11 is 0. The maximum absolute atomic E-state index is 12.2. The zero-order valence-corrected chi connectivity index (χ0v) is 10.7. The number of rotatable bonds is 3.